The fourth-order valence-electron chi connectivity index (χ4n) is 4.16. The Labute approximate surface area is 110 Å². The van der Waals surface area contributed by atoms with Crippen LogP contribution in [0.3, 0.4) is 0 Å². The van der Waals surface area contributed by atoms with E-state index in [0.29, 0.717) is 24.5 Å². The number of fused-ring (bicyclic) bond motifs is 2. The Kier molecular flexibility index (Phi) is 3.54. The van der Waals surface area contributed by atoms with Crippen LogP contribution in [0.15, 0.2) is 12.7 Å². The first-order valence-corrected chi connectivity index (χ1v) is 7.01. The molecule has 0 heterocycles. The lowest BCUT2D eigenvalue weighted by Crippen LogP contribution is -2.54. The van der Waals surface area contributed by atoms with Crippen LogP contribution in [-0.4, -0.2) is 25.0 Å². The van der Waals surface area contributed by atoms with E-state index < -0.39 is 0 Å². The summed E-state index contributed by atoms with van der Waals surface area (Å²) in [4.78, 5) is 12.0. The Balaban J connectivity index is 1.96. The summed E-state index contributed by atoms with van der Waals surface area (Å²) in [6.07, 6.45) is 5.62. The van der Waals surface area contributed by atoms with Gasteiger partial charge in [0.05, 0.1) is 6.54 Å². The molecule has 0 aromatic heterocycles. The third kappa shape index (κ3) is 2.20. The van der Waals surface area contributed by atoms with Crippen LogP contribution in [0.1, 0.15) is 40.0 Å². The van der Waals surface area contributed by atoms with Crippen LogP contribution in [-0.2, 0) is 4.79 Å². The highest BCUT2D eigenvalue weighted by Crippen LogP contribution is 2.62. The Morgan fingerprint density at radius 2 is 2.17 bits per heavy atom. The van der Waals surface area contributed by atoms with Gasteiger partial charge in [-0.25, -0.2) is 0 Å². The average Bonchev–Trinajstić information content (AvgIpc) is 2.76. The molecular formula is C15H26N2O. The monoisotopic (exact) mass is 250 g/mol. The highest BCUT2D eigenvalue weighted by atomic mass is 16.2. The number of carbonyl (C=O) groups is 1. The lowest BCUT2D eigenvalue weighted by Gasteiger charge is -2.43. The van der Waals surface area contributed by atoms with E-state index in [-0.39, 0.29) is 11.3 Å². The van der Waals surface area contributed by atoms with Crippen molar-refractivity contribution in [1.82, 2.24) is 10.6 Å². The maximum absolute atomic E-state index is 12.0. The largest absolute Gasteiger partial charge is 0.351 e. The van der Waals surface area contributed by atoms with E-state index in [9.17, 15) is 4.79 Å². The van der Waals surface area contributed by atoms with E-state index in [1.165, 1.54) is 19.3 Å². The van der Waals surface area contributed by atoms with Crippen LogP contribution in [0, 0.1) is 16.7 Å². The van der Waals surface area contributed by atoms with Gasteiger partial charge in [-0.3, -0.25) is 4.79 Å². The molecule has 0 radical (unpaired) electrons. The molecule has 2 aliphatic carbocycles. The Bertz CT molecular complexity index is 346. The third-order valence-electron chi connectivity index (χ3n) is 5.15. The quantitative estimate of drug-likeness (QED) is 0.579. The fourth-order valence-corrected chi connectivity index (χ4v) is 4.16. The van der Waals surface area contributed by atoms with E-state index in [1.54, 1.807) is 6.08 Å². The van der Waals surface area contributed by atoms with E-state index in [1.807, 2.05) is 0 Å². The van der Waals surface area contributed by atoms with Crippen molar-refractivity contribution in [2.45, 2.75) is 46.1 Å². The van der Waals surface area contributed by atoms with Gasteiger partial charge in [0.2, 0.25) is 5.91 Å². The SMILES string of the molecule is C=CCNCC(=O)NC1C2(C)CCC(C2)C1(C)C. The minimum absolute atomic E-state index is 0.115. The Hall–Kier alpha value is -0.830. The average molecular weight is 250 g/mol. The van der Waals surface area contributed by atoms with Crippen LogP contribution >= 0.6 is 0 Å². The van der Waals surface area contributed by atoms with E-state index in [0.717, 1.165) is 5.92 Å². The number of nitrogens with one attached hydrogen (secondary N) is 2. The lowest BCUT2D eigenvalue weighted by atomic mass is 9.68. The lowest BCUT2D eigenvalue weighted by molar-refractivity contribution is -0.122. The van der Waals surface area contributed by atoms with E-state index in [4.69, 9.17) is 0 Å². The fraction of sp³-hybridized carbons (Fsp3) is 0.800. The second-order valence-corrected chi connectivity index (χ2v) is 6.84. The Morgan fingerprint density at radius 3 is 2.72 bits per heavy atom. The van der Waals surface area contributed by atoms with Crippen LogP contribution in [0.4, 0.5) is 0 Å². The van der Waals surface area contributed by atoms with Gasteiger partial charge in [-0.1, -0.05) is 26.8 Å². The van der Waals surface area contributed by atoms with Crippen molar-refractivity contribution in [2.75, 3.05) is 13.1 Å². The minimum atomic E-state index is 0.115. The summed E-state index contributed by atoms with van der Waals surface area (Å²) >= 11 is 0. The van der Waals surface area contributed by atoms with Crippen LogP contribution in [0.25, 0.3) is 0 Å². The third-order valence-corrected chi connectivity index (χ3v) is 5.15. The van der Waals surface area contributed by atoms with Crippen molar-refractivity contribution in [2.24, 2.45) is 16.7 Å². The normalized spacial score (nSPS) is 36.6. The highest BCUT2D eigenvalue weighted by molar-refractivity contribution is 5.78. The smallest absolute Gasteiger partial charge is 0.234 e. The van der Waals surface area contributed by atoms with Crippen molar-refractivity contribution in [1.29, 1.82) is 0 Å². The number of amides is 1. The maximum atomic E-state index is 12.0. The number of carbonyl (C=O) groups excluding carboxylic acids is 1. The number of hydrogen-bond donors (Lipinski definition) is 2. The molecule has 0 aromatic rings. The van der Waals surface area contributed by atoms with Crippen LogP contribution in [0.5, 0.6) is 0 Å². The van der Waals surface area contributed by atoms with Crippen molar-refractivity contribution in [3.8, 4) is 0 Å². The second-order valence-electron chi connectivity index (χ2n) is 6.84. The van der Waals surface area contributed by atoms with Gasteiger partial charge < -0.3 is 10.6 Å². The zero-order chi connectivity index (χ0) is 13.4. The molecule has 2 bridgehead atoms. The second kappa shape index (κ2) is 4.69. The molecule has 0 spiro atoms. The first-order chi connectivity index (χ1) is 8.40. The minimum Gasteiger partial charge on any atom is -0.351 e. The summed E-state index contributed by atoms with van der Waals surface area (Å²) in [6.45, 7) is 11.7. The van der Waals surface area contributed by atoms with Gasteiger partial charge in [0.1, 0.15) is 0 Å². The first-order valence-electron chi connectivity index (χ1n) is 7.01. The zero-order valence-electron chi connectivity index (χ0n) is 11.9. The molecule has 2 N–H and O–H groups in total. The Morgan fingerprint density at radius 1 is 1.44 bits per heavy atom. The molecular weight excluding hydrogens is 224 g/mol. The molecule has 3 unspecified atom stereocenters. The van der Waals surface area contributed by atoms with E-state index >= 15 is 0 Å². The predicted molar refractivity (Wildman–Crippen MR) is 74.2 cm³/mol. The molecule has 1 amide bonds. The summed E-state index contributed by atoms with van der Waals surface area (Å²) in [6, 6.07) is 0.321. The number of hydrogen-bond acceptors (Lipinski definition) is 2. The molecule has 0 aliphatic heterocycles. The summed E-state index contributed by atoms with van der Waals surface area (Å²) in [5.74, 6) is 0.887. The van der Waals surface area contributed by atoms with Crippen molar-refractivity contribution in [3.05, 3.63) is 12.7 Å². The highest BCUT2D eigenvalue weighted by Gasteiger charge is 2.59. The van der Waals surface area contributed by atoms with Gasteiger partial charge in [-0.2, -0.15) is 0 Å². The van der Waals surface area contributed by atoms with Gasteiger partial charge in [0, 0.05) is 12.6 Å². The molecule has 2 rings (SSSR count). The van der Waals surface area contributed by atoms with Crippen molar-refractivity contribution >= 4 is 5.91 Å². The zero-order valence-corrected chi connectivity index (χ0v) is 11.9. The van der Waals surface area contributed by atoms with Crippen LogP contribution in [0.2, 0.25) is 0 Å². The summed E-state index contributed by atoms with van der Waals surface area (Å²) in [5, 5.41) is 6.33. The molecule has 2 fully saturated rings. The number of rotatable bonds is 5. The maximum Gasteiger partial charge on any atom is 0.234 e. The molecule has 3 nitrogen and oxygen atoms in total. The molecule has 0 saturated heterocycles. The first kappa shape index (κ1) is 13.6. The van der Waals surface area contributed by atoms with Gasteiger partial charge >= 0.3 is 0 Å². The molecule has 3 atom stereocenters. The molecule has 18 heavy (non-hydrogen) atoms. The van der Waals surface area contributed by atoms with Gasteiger partial charge in [-0.15, -0.1) is 6.58 Å². The predicted octanol–water partition coefficient (Wildman–Crippen LogP) is 2.09. The van der Waals surface area contributed by atoms with Crippen LogP contribution < -0.4 is 10.6 Å². The molecule has 2 saturated carbocycles. The van der Waals surface area contributed by atoms with Gasteiger partial charge in [-0.05, 0) is 36.0 Å². The summed E-state index contributed by atoms with van der Waals surface area (Å²) < 4.78 is 0. The summed E-state index contributed by atoms with van der Waals surface area (Å²) in [5.41, 5.74) is 0.545. The van der Waals surface area contributed by atoms with Gasteiger partial charge in [0.15, 0.2) is 0 Å². The standard InChI is InChI=1S/C15H26N2O/c1-5-8-16-10-12(18)17-13-14(2,3)11-6-7-15(13,4)9-11/h5,11,13,16H,1,6-10H2,2-4H3,(H,17,18). The topological polar surface area (TPSA) is 41.1 Å². The summed E-state index contributed by atoms with van der Waals surface area (Å²) in [7, 11) is 0. The van der Waals surface area contributed by atoms with Crippen molar-refractivity contribution < 1.29 is 4.79 Å². The van der Waals surface area contributed by atoms with Gasteiger partial charge in [0.25, 0.3) is 0 Å². The molecule has 2 aliphatic rings. The van der Waals surface area contributed by atoms with Crippen molar-refractivity contribution in [3.63, 3.8) is 0 Å². The molecule has 3 heteroatoms. The molecule has 0 aromatic carbocycles. The van der Waals surface area contributed by atoms with E-state index in [2.05, 4.69) is 38.0 Å². The molecule has 102 valence electrons.